The molecule has 0 unspecified atom stereocenters. The van der Waals surface area contributed by atoms with Crippen molar-refractivity contribution in [2.75, 3.05) is 0 Å². The molecule has 1 heterocycles. The van der Waals surface area contributed by atoms with Gasteiger partial charge in [-0.2, -0.15) is 0 Å². The van der Waals surface area contributed by atoms with Crippen LogP contribution >= 0.6 is 15.9 Å². The Bertz CT molecular complexity index is 233. The Kier molecular flexibility index (Phi) is 2.44. The monoisotopic (exact) mass is 199 g/mol. The molecule has 0 saturated heterocycles. The standard InChI is InChI=1S/C8H10BrN/c1-3-7-4-5-10-6(2)8(7)9/h4-5H,3H2,1-2H3. The molecule has 0 aliphatic heterocycles. The minimum atomic E-state index is 1.06. The van der Waals surface area contributed by atoms with Gasteiger partial charge in [-0.25, -0.2) is 0 Å². The van der Waals surface area contributed by atoms with Crippen molar-refractivity contribution >= 4 is 15.9 Å². The average Bonchev–Trinajstić information content (AvgIpc) is 1.95. The molecular formula is C8H10BrN. The summed E-state index contributed by atoms with van der Waals surface area (Å²) in [4.78, 5) is 4.14. The van der Waals surface area contributed by atoms with Gasteiger partial charge in [0.15, 0.2) is 0 Å². The minimum Gasteiger partial charge on any atom is -0.260 e. The van der Waals surface area contributed by atoms with Gasteiger partial charge in [0.2, 0.25) is 0 Å². The number of aromatic nitrogens is 1. The fourth-order valence-electron chi connectivity index (χ4n) is 0.874. The molecule has 0 N–H and O–H groups in total. The van der Waals surface area contributed by atoms with Gasteiger partial charge < -0.3 is 0 Å². The van der Waals surface area contributed by atoms with E-state index in [4.69, 9.17) is 0 Å². The maximum absolute atomic E-state index is 4.14. The molecule has 0 spiro atoms. The van der Waals surface area contributed by atoms with Crippen LogP contribution in [-0.4, -0.2) is 4.98 Å². The van der Waals surface area contributed by atoms with Gasteiger partial charge in [-0.3, -0.25) is 4.98 Å². The number of nitrogens with zero attached hydrogens (tertiary/aromatic N) is 1. The maximum Gasteiger partial charge on any atom is 0.0517 e. The van der Waals surface area contributed by atoms with Crippen molar-refractivity contribution in [3.05, 3.63) is 28.0 Å². The van der Waals surface area contributed by atoms with Crippen molar-refractivity contribution in [1.29, 1.82) is 0 Å². The van der Waals surface area contributed by atoms with E-state index in [2.05, 4.69) is 27.8 Å². The lowest BCUT2D eigenvalue weighted by molar-refractivity contribution is 1.07. The molecule has 0 amide bonds. The maximum atomic E-state index is 4.14. The predicted molar refractivity (Wildman–Crippen MR) is 46.1 cm³/mol. The van der Waals surface area contributed by atoms with Gasteiger partial charge in [-0.05, 0) is 40.9 Å². The summed E-state index contributed by atoms with van der Waals surface area (Å²) >= 11 is 3.48. The third-order valence-corrected chi connectivity index (χ3v) is 2.61. The number of hydrogen-bond donors (Lipinski definition) is 0. The van der Waals surface area contributed by atoms with Crippen molar-refractivity contribution in [1.82, 2.24) is 4.98 Å². The van der Waals surface area contributed by atoms with E-state index in [0.29, 0.717) is 0 Å². The molecule has 0 radical (unpaired) electrons. The summed E-state index contributed by atoms with van der Waals surface area (Å²) in [7, 11) is 0. The molecule has 1 aromatic heterocycles. The molecular weight excluding hydrogens is 190 g/mol. The van der Waals surface area contributed by atoms with Gasteiger partial charge in [-0.1, -0.05) is 6.92 Å². The number of rotatable bonds is 1. The van der Waals surface area contributed by atoms with E-state index in [-0.39, 0.29) is 0 Å². The summed E-state index contributed by atoms with van der Waals surface area (Å²) in [6.45, 7) is 4.14. The summed E-state index contributed by atoms with van der Waals surface area (Å²) in [6.07, 6.45) is 2.91. The van der Waals surface area contributed by atoms with E-state index in [9.17, 15) is 0 Å². The van der Waals surface area contributed by atoms with Crippen LogP contribution in [0.2, 0.25) is 0 Å². The SMILES string of the molecule is CCc1ccnc(C)c1Br. The van der Waals surface area contributed by atoms with Gasteiger partial charge in [0.05, 0.1) is 5.69 Å². The van der Waals surface area contributed by atoms with Gasteiger partial charge in [0.25, 0.3) is 0 Å². The van der Waals surface area contributed by atoms with Crippen molar-refractivity contribution in [2.45, 2.75) is 20.3 Å². The Labute approximate surface area is 69.6 Å². The fourth-order valence-corrected chi connectivity index (χ4v) is 1.39. The first-order valence-corrected chi connectivity index (χ1v) is 4.15. The van der Waals surface area contributed by atoms with E-state index in [1.165, 1.54) is 5.56 Å². The first-order chi connectivity index (χ1) is 4.75. The van der Waals surface area contributed by atoms with Crippen LogP contribution in [0, 0.1) is 6.92 Å². The highest BCUT2D eigenvalue weighted by Crippen LogP contribution is 2.18. The molecule has 0 atom stereocenters. The summed E-state index contributed by atoms with van der Waals surface area (Å²) in [5.41, 5.74) is 2.40. The molecule has 0 fully saturated rings. The molecule has 1 aromatic rings. The zero-order valence-electron chi connectivity index (χ0n) is 6.19. The highest BCUT2D eigenvalue weighted by molar-refractivity contribution is 9.10. The van der Waals surface area contributed by atoms with Gasteiger partial charge in [-0.15, -0.1) is 0 Å². The van der Waals surface area contributed by atoms with Gasteiger partial charge in [0.1, 0.15) is 0 Å². The third kappa shape index (κ3) is 1.37. The first kappa shape index (κ1) is 7.73. The zero-order valence-corrected chi connectivity index (χ0v) is 7.77. The lowest BCUT2D eigenvalue weighted by atomic mass is 10.2. The average molecular weight is 200 g/mol. The molecule has 0 bridgehead atoms. The summed E-state index contributed by atoms with van der Waals surface area (Å²) in [5.74, 6) is 0. The Morgan fingerprint density at radius 1 is 1.60 bits per heavy atom. The lowest BCUT2D eigenvalue weighted by Crippen LogP contribution is -1.88. The molecule has 10 heavy (non-hydrogen) atoms. The minimum absolute atomic E-state index is 1.06. The Morgan fingerprint density at radius 3 is 2.80 bits per heavy atom. The third-order valence-electron chi connectivity index (χ3n) is 1.52. The molecule has 1 rings (SSSR count). The topological polar surface area (TPSA) is 12.9 Å². The first-order valence-electron chi connectivity index (χ1n) is 3.35. The quantitative estimate of drug-likeness (QED) is 0.679. The van der Waals surface area contributed by atoms with Crippen LogP contribution in [0.15, 0.2) is 16.7 Å². The Morgan fingerprint density at radius 2 is 2.30 bits per heavy atom. The van der Waals surface area contributed by atoms with Crippen molar-refractivity contribution in [3.8, 4) is 0 Å². The number of hydrogen-bond acceptors (Lipinski definition) is 1. The van der Waals surface area contributed by atoms with E-state index < -0.39 is 0 Å². The largest absolute Gasteiger partial charge is 0.260 e. The van der Waals surface area contributed by atoms with Crippen LogP contribution in [0.4, 0.5) is 0 Å². The lowest BCUT2D eigenvalue weighted by Gasteiger charge is -2.01. The normalized spacial score (nSPS) is 9.90. The van der Waals surface area contributed by atoms with Crippen LogP contribution in [0.3, 0.4) is 0 Å². The smallest absolute Gasteiger partial charge is 0.0517 e. The van der Waals surface area contributed by atoms with Crippen LogP contribution in [0.25, 0.3) is 0 Å². The number of pyridine rings is 1. The molecule has 1 nitrogen and oxygen atoms in total. The van der Waals surface area contributed by atoms with Gasteiger partial charge in [0, 0.05) is 10.7 Å². The van der Waals surface area contributed by atoms with Crippen molar-refractivity contribution in [3.63, 3.8) is 0 Å². The molecule has 0 aliphatic rings. The predicted octanol–water partition coefficient (Wildman–Crippen LogP) is 2.71. The molecule has 2 heteroatoms. The van der Waals surface area contributed by atoms with Crippen molar-refractivity contribution in [2.24, 2.45) is 0 Å². The van der Waals surface area contributed by atoms with Crippen molar-refractivity contribution < 1.29 is 0 Å². The fraction of sp³-hybridized carbons (Fsp3) is 0.375. The van der Waals surface area contributed by atoms with E-state index in [1.54, 1.807) is 0 Å². The molecule has 0 saturated carbocycles. The summed E-state index contributed by atoms with van der Waals surface area (Å²) in [6, 6.07) is 2.04. The van der Waals surface area contributed by atoms with Gasteiger partial charge >= 0.3 is 0 Å². The second-order valence-electron chi connectivity index (χ2n) is 2.22. The Hall–Kier alpha value is -0.370. The van der Waals surface area contributed by atoms with Crippen LogP contribution in [-0.2, 0) is 6.42 Å². The van der Waals surface area contributed by atoms with E-state index in [0.717, 1.165) is 16.6 Å². The van der Waals surface area contributed by atoms with E-state index in [1.807, 2.05) is 19.2 Å². The zero-order chi connectivity index (χ0) is 7.56. The number of aryl methyl sites for hydroxylation is 2. The van der Waals surface area contributed by atoms with Crippen LogP contribution < -0.4 is 0 Å². The number of halogens is 1. The van der Waals surface area contributed by atoms with E-state index >= 15 is 0 Å². The van der Waals surface area contributed by atoms with Crippen LogP contribution in [0.1, 0.15) is 18.2 Å². The Balaban J connectivity index is 3.14. The second-order valence-corrected chi connectivity index (χ2v) is 3.02. The van der Waals surface area contributed by atoms with Crippen LogP contribution in [0.5, 0.6) is 0 Å². The molecule has 54 valence electrons. The molecule has 0 aliphatic carbocycles. The molecule has 0 aromatic carbocycles. The summed E-state index contributed by atoms with van der Waals surface area (Å²) < 4.78 is 1.15. The highest BCUT2D eigenvalue weighted by atomic mass is 79.9. The second kappa shape index (κ2) is 3.15. The highest BCUT2D eigenvalue weighted by Gasteiger charge is 1.98. The summed E-state index contributed by atoms with van der Waals surface area (Å²) in [5, 5.41) is 0.